The number of phenolic OH excluding ortho intramolecular Hbond substituents is 1. The van der Waals surface area contributed by atoms with Gasteiger partial charge in [0.25, 0.3) is 0 Å². The van der Waals surface area contributed by atoms with Gasteiger partial charge >= 0.3 is 0 Å². The van der Waals surface area contributed by atoms with Crippen LogP contribution in [0.5, 0.6) is 5.75 Å². The average molecular weight is 332 g/mol. The Kier molecular flexibility index (Phi) is 4.68. The molecular weight excluding hydrogens is 308 g/mol. The summed E-state index contributed by atoms with van der Waals surface area (Å²) in [7, 11) is 0. The van der Waals surface area contributed by atoms with Gasteiger partial charge in [-0.2, -0.15) is 0 Å². The summed E-state index contributed by atoms with van der Waals surface area (Å²) >= 11 is 0. The number of hydrogen-bond donors (Lipinski definition) is 1. The third kappa shape index (κ3) is 3.68. The summed E-state index contributed by atoms with van der Waals surface area (Å²) in [6, 6.07) is 22.8. The van der Waals surface area contributed by atoms with E-state index in [1.165, 1.54) is 10.9 Å². The molecule has 1 fully saturated rings. The molecule has 3 nitrogen and oxygen atoms in total. The largest absolute Gasteiger partial charge is 0.508 e. The normalized spacial score (nSPS) is 16.3. The summed E-state index contributed by atoms with van der Waals surface area (Å²) < 4.78 is 0. The minimum atomic E-state index is 0.408. The van der Waals surface area contributed by atoms with Crippen molar-refractivity contribution < 1.29 is 5.11 Å². The fraction of sp³-hybridized carbons (Fsp3) is 0.273. The maximum atomic E-state index is 10.3. The molecule has 0 radical (unpaired) electrons. The number of piperazine rings is 1. The van der Waals surface area contributed by atoms with E-state index in [1.807, 2.05) is 24.3 Å². The molecule has 0 amide bonds. The lowest BCUT2D eigenvalue weighted by Crippen LogP contribution is -2.45. The van der Waals surface area contributed by atoms with Crippen molar-refractivity contribution in [3.63, 3.8) is 0 Å². The molecule has 1 aliphatic heterocycles. The predicted octanol–water partition coefficient (Wildman–Crippen LogP) is 3.86. The summed E-state index contributed by atoms with van der Waals surface area (Å²) in [6.45, 7) is 6.05. The summed E-state index contributed by atoms with van der Waals surface area (Å²) in [5, 5.41) is 12.7. The number of aromatic hydroxyl groups is 1. The Labute approximate surface area is 149 Å². The first-order valence-electron chi connectivity index (χ1n) is 8.98. The highest BCUT2D eigenvalue weighted by Crippen LogP contribution is 2.28. The molecule has 128 valence electrons. The molecule has 0 spiro atoms. The van der Waals surface area contributed by atoms with Crippen LogP contribution < -0.4 is 0 Å². The second kappa shape index (κ2) is 7.26. The minimum absolute atomic E-state index is 0.408. The van der Waals surface area contributed by atoms with Gasteiger partial charge in [0.05, 0.1) is 0 Å². The molecule has 1 aliphatic rings. The van der Waals surface area contributed by atoms with E-state index >= 15 is 0 Å². The monoisotopic (exact) mass is 332 g/mol. The number of hydrogen-bond acceptors (Lipinski definition) is 3. The molecule has 0 unspecified atom stereocenters. The number of benzene rings is 3. The molecule has 3 heteroatoms. The lowest BCUT2D eigenvalue weighted by molar-refractivity contribution is 0.121. The highest BCUT2D eigenvalue weighted by atomic mass is 16.3. The molecule has 1 saturated heterocycles. The van der Waals surface area contributed by atoms with Crippen LogP contribution in [0.25, 0.3) is 10.8 Å². The molecule has 0 bridgehead atoms. The van der Waals surface area contributed by atoms with Crippen LogP contribution in [0, 0.1) is 0 Å². The molecule has 1 heterocycles. The first kappa shape index (κ1) is 16.1. The molecule has 0 saturated carbocycles. The maximum Gasteiger partial charge on any atom is 0.120 e. The van der Waals surface area contributed by atoms with Gasteiger partial charge in [-0.15, -0.1) is 0 Å². The molecule has 3 aromatic carbocycles. The average Bonchev–Trinajstić information content (AvgIpc) is 2.66. The zero-order chi connectivity index (χ0) is 17.1. The van der Waals surface area contributed by atoms with Crippen molar-refractivity contribution in [2.45, 2.75) is 13.1 Å². The summed E-state index contributed by atoms with van der Waals surface area (Å²) in [5.74, 6) is 0.408. The number of phenols is 1. The molecule has 25 heavy (non-hydrogen) atoms. The van der Waals surface area contributed by atoms with Gasteiger partial charge in [-0.3, -0.25) is 9.80 Å². The molecule has 0 aromatic heterocycles. The molecule has 3 aromatic rings. The van der Waals surface area contributed by atoms with Gasteiger partial charge < -0.3 is 5.11 Å². The van der Waals surface area contributed by atoms with Crippen molar-refractivity contribution in [3.05, 3.63) is 77.9 Å². The summed E-state index contributed by atoms with van der Waals surface area (Å²) in [6.07, 6.45) is 0. The van der Waals surface area contributed by atoms with E-state index in [9.17, 15) is 5.11 Å². The fourth-order valence-corrected chi connectivity index (χ4v) is 3.66. The Morgan fingerprint density at radius 3 is 2.08 bits per heavy atom. The lowest BCUT2D eigenvalue weighted by atomic mass is 10.0. The summed E-state index contributed by atoms with van der Waals surface area (Å²) in [5.41, 5.74) is 2.43. The smallest absolute Gasteiger partial charge is 0.120 e. The highest BCUT2D eigenvalue weighted by molar-refractivity contribution is 5.87. The van der Waals surface area contributed by atoms with E-state index in [0.717, 1.165) is 50.2 Å². The SMILES string of the molecule is Oc1ccc2ccccc2c1CN1CCN(Cc2ccccc2)CC1. The quantitative estimate of drug-likeness (QED) is 0.786. The van der Waals surface area contributed by atoms with Crippen molar-refractivity contribution in [1.82, 2.24) is 9.80 Å². The molecule has 4 rings (SSSR count). The van der Waals surface area contributed by atoms with E-state index in [-0.39, 0.29) is 0 Å². The van der Waals surface area contributed by atoms with Gasteiger partial charge in [0.1, 0.15) is 5.75 Å². The number of nitrogens with zero attached hydrogens (tertiary/aromatic N) is 2. The van der Waals surface area contributed by atoms with Crippen molar-refractivity contribution >= 4 is 10.8 Å². The first-order valence-corrected chi connectivity index (χ1v) is 8.98. The number of rotatable bonds is 4. The zero-order valence-corrected chi connectivity index (χ0v) is 14.4. The van der Waals surface area contributed by atoms with Crippen molar-refractivity contribution in [3.8, 4) is 5.75 Å². The van der Waals surface area contributed by atoms with Crippen LogP contribution in [-0.2, 0) is 13.1 Å². The third-order valence-corrected chi connectivity index (χ3v) is 5.11. The van der Waals surface area contributed by atoms with Gasteiger partial charge in [0.2, 0.25) is 0 Å². The van der Waals surface area contributed by atoms with Crippen LogP contribution >= 0.6 is 0 Å². The lowest BCUT2D eigenvalue weighted by Gasteiger charge is -2.35. The first-order chi connectivity index (χ1) is 12.3. The van der Waals surface area contributed by atoms with Crippen LogP contribution in [0.3, 0.4) is 0 Å². The Morgan fingerprint density at radius 2 is 1.32 bits per heavy atom. The van der Waals surface area contributed by atoms with Crippen LogP contribution in [0.1, 0.15) is 11.1 Å². The third-order valence-electron chi connectivity index (χ3n) is 5.11. The molecular formula is C22H24N2O. The Bertz CT molecular complexity index is 839. The van der Waals surface area contributed by atoms with E-state index in [0.29, 0.717) is 5.75 Å². The van der Waals surface area contributed by atoms with Gasteiger partial charge in [-0.1, -0.05) is 60.7 Å². The van der Waals surface area contributed by atoms with E-state index in [2.05, 4.69) is 52.3 Å². The molecule has 0 atom stereocenters. The second-order valence-corrected chi connectivity index (χ2v) is 6.82. The van der Waals surface area contributed by atoms with Gasteiger partial charge in [-0.05, 0) is 22.4 Å². The summed E-state index contributed by atoms with van der Waals surface area (Å²) in [4.78, 5) is 4.96. The Balaban J connectivity index is 1.41. The topological polar surface area (TPSA) is 26.7 Å². The molecule has 1 N–H and O–H groups in total. The molecule has 0 aliphatic carbocycles. The van der Waals surface area contributed by atoms with Crippen LogP contribution in [0.15, 0.2) is 66.7 Å². The van der Waals surface area contributed by atoms with E-state index in [1.54, 1.807) is 0 Å². The number of fused-ring (bicyclic) bond motifs is 1. The Hall–Kier alpha value is -2.36. The Morgan fingerprint density at radius 1 is 0.680 bits per heavy atom. The highest BCUT2D eigenvalue weighted by Gasteiger charge is 2.19. The van der Waals surface area contributed by atoms with Crippen LogP contribution in [-0.4, -0.2) is 41.1 Å². The van der Waals surface area contributed by atoms with Crippen molar-refractivity contribution in [2.24, 2.45) is 0 Å². The van der Waals surface area contributed by atoms with Gasteiger partial charge in [0, 0.05) is 44.8 Å². The van der Waals surface area contributed by atoms with Crippen LogP contribution in [0.4, 0.5) is 0 Å². The van der Waals surface area contributed by atoms with E-state index in [4.69, 9.17) is 0 Å². The maximum absolute atomic E-state index is 10.3. The van der Waals surface area contributed by atoms with E-state index < -0.39 is 0 Å². The predicted molar refractivity (Wildman–Crippen MR) is 103 cm³/mol. The minimum Gasteiger partial charge on any atom is -0.508 e. The standard InChI is InChI=1S/C22H24N2O/c25-22-11-10-19-8-4-5-9-20(19)21(22)17-24-14-12-23(13-15-24)16-18-6-2-1-3-7-18/h1-11,25H,12-17H2. The second-order valence-electron chi connectivity index (χ2n) is 6.82. The van der Waals surface area contributed by atoms with Crippen LogP contribution in [0.2, 0.25) is 0 Å². The van der Waals surface area contributed by atoms with Gasteiger partial charge in [0.15, 0.2) is 0 Å². The van der Waals surface area contributed by atoms with Crippen molar-refractivity contribution in [2.75, 3.05) is 26.2 Å². The van der Waals surface area contributed by atoms with Gasteiger partial charge in [-0.25, -0.2) is 0 Å². The van der Waals surface area contributed by atoms with Crippen molar-refractivity contribution in [1.29, 1.82) is 0 Å². The fourth-order valence-electron chi connectivity index (χ4n) is 3.66. The zero-order valence-electron chi connectivity index (χ0n) is 14.4.